The summed E-state index contributed by atoms with van der Waals surface area (Å²) < 4.78 is 6.05. The summed E-state index contributed by atoms with van der Waals surface area (Å²) in [6, 6.07) is 20.0. The molecule has 0 radical (unpaired) electrons. The van der Waals surface area contributed by atoms with Crippen molar-refractivity contribution in [1.29, 1.82) is 0 Å². The molecule has 0 saturated heterocycles. The van der Waals surface area contributed by atoms with Crippen LogP contribution in [0.25, 0.3) is 31.7 Å². The zero-order chi connectivity index (χ0) is 24.5. The maximum atomic E-state index is 5.21. The summed E-state index contributed by atoms with van der Waals surface area (Å²) in [6.07, 6.45) is 9.85. The van der Waals surface area contributed by atoms with Gasteiger partial charge in [-0.05, 0) is 0 Å². The zero-order valence-corrected chi connectivity index (χ0v) is 25.9. The van der Waals surface area contributed by atoms with Crippen LogP contribution in [0, 0.1) is 0 Å². The summed E-state index contributed by atoms with van der Waals surface area (Å²) in [5.41, 5.74) is 3.18. The Bertz CT molecular complexity index is 1150. The standard InChI is InChI=1S/C18H11N2S2.3C4H9.Sn/c1-2-11-19-13(5-1)14-6-3-7-15(20-14)16-9-10-18(22-16)17-8-4-12-21-17;3*1-3-4-2;/h1-2,4-12H;3*1,3-4H2,2H3;. The molecule has 0 aromatic carbocycles. The fourth-order valence-corrected chi connectivity index (χ4v) is 22.8. The van der Waals surface area contributed by atoms with E-state index in [1.807, 2.05) is 34.9 Å². The van der Waals surface area contributed by atoms with E-state index in [4.69, 9.17) is 9.97 Å². The van der Waals surface area contributed by atoms with Crippen LogP contribution in [0.2, 0.25) is 13.3 Å². The Morgan fingerprint density at radius 1 is 0.686 bits per heavy atom. The number of nitrogens with zero attached hydrogens (tertiary/aromatic N) is 2. The second-order valence-corrected chi connectivity index (χ2v) is 24.8. The SMILES string of the molecule is CCC[CH2][Sn]([CH2]CCC)([CH2]CCC)[c]1cc(-c2ccccn2)nc(-c2ccc(-c3cccs3)s2)c1. The monoisotopic (exact) mass is 610 g/mol. The minimum atomic E-state index is -2.63. The summed E-state index contributed by atoms with van der Waals surface area (Å²) in [5, 5.41) is 2.16. The Morgan fingerprint density at radius 3 is 1.97 bits per heavy atom. The summed E-state index contributed by atoms with van der Waals surface area (Å²) in [7, 11) is 0. The van der Waals surface area contributed by atoms with E-state index in [0.29, 0.717) is 0 Å². The Hall–Kier alpha value is -1.50. The van der Waals surface area contributed by atoms with Crippen LogP contribution in [0.4, 0.5) is 0 Å². The van der Waals surface area contributed by atoms with Crippen molar-refractivity contribution in [1.82, 2.24) is 9.97 Å². The fraction of sp³-hybridized carbons (Fsp3) is 0.400. The Labute approximate surface area is 223 Å². The minimum absolute atomic E-state index is 0.993. The molecule has 5 heteroatoms. The van der Waals surface area contributed by atoms with Crippen LogP contribution in [-0.4, -0.2) is 28.3 Å². The molecule has 4 aromatic rings. The van der Waals surface area contributed by atoms with E-state index in [9.17, 15) is 0 Å². The number of rotatable bonds is 13. The molecule has 0 fully saturated rings. The topological polar surface area (TPSA) is 25.8 Å². The molecule has 184 valence electrons. The molecule has 0 bridgehead atoms. The van der Waals surface area contributed by atoms with Gasteiger partial charge in [0.2, 0.25) is 0 Å². The number of thiophene rings is 2. The summed E-state index contributed by atoms with van der Waals surface area (Å²) in [6.45, 7) is 7.06. The second kappa shape index (κ2) is 13.2. The van der Waals surface area contributed by atoms with Gasteiger partial charge in [-0.2, -0.15) is 0 Å². The van der Waals surface area contributed by atoms with E-state index in [0.717, 1.165) is 17.1 Å². The summed E-state index contributed by atoms with van der Waals surface area (Å²) in [4.78, 5) is 13.9. The van der Waals surface area contributed by atoms with Gasteiger partial charge < -0.3 is 0 Å². The van der Waals surface area contributed by atoms with Crippen molar-refractivity contribution < 1.29 is 0 Å². The van der Waals surface area contributed by atoms with Gasteiger partial charge in [-0.25, -0.2) is 0 Å². The number of unbranched alkanes of at least 4 members (excludes halogenated alkanes) is 3. The molecule has 35 heavy (non-hydrogen) atoms. The van der Waals surface area contributed by atoms with Crippen molar-refractivity contribution in [2.75, 3.05) is 0 Å². The predicted octanol–water partition coefficient (Wildman–Crippen LogP) is 9.66. The van der Waals surface area contributed by atoms with Crippen molar-refractivity contribution in [2.24, 2.45) is 0 Å². The van der Waals surface area contributed by atoms with Gasteiger partial charge in [0.1, 0.15) is 0 Å². The van der Waals surface area contributed by atoms with Gasteiger partial charge in [-0.3, -0.25) is 0 Å². The molecule has 4 rings (SSSR count). The normalized spacial score (nSPS) is 11.7. The molecule has 0 aliphatic carbocycles. The van der Waals surface area contributed by atoms with Crippen LogP contribution in [0.15, 0.2) is 66.2 Å². The fourth-order valence-electron chi connectivity index (χ4n) is 4.99. The van der Waals surface area contributed by atoms with Gasteiger partial charge in [0.15, 0.2) is 0 Å². The molecule has 0 amide bonds. The number of hydrogen-bond donors (Lipinski definition) is 0. The number of pyridine rings is 2. The molecule has 0 unspecified atom stereocenters. The first-order valence-corrected chi connectivity index (χ1v) is 22.4. The average molecular weight is 609 g/mol. The van der Waals surface area contributed by atoms with Gasteiger partial charge in [-0.15, -0.1) is 0 Å². The molecule has 0 spiro atoms. The Kier molecular flexibility index (Phi) is 9.99. The average Bonchev–Trinajstić information content (AvgIpc) is 3.61. The third-order valence-corrected chi connectivity index (χ3v) is 24.7. The summed E-state index contributed by atoms with van der Waals surface area (Å²) >= 11 is 1.05. The first-order valence-electron chi connectivity index (χ1n) is 13.3. The molecule has 0 atom stereocenters. The van der Waals surface area contributed by atoms with Gasteiger partial charge in [0.05, 0.1) is 0 Å². The molecule has 0 aliphatic heterocycles. The van der Waals surface area contributed by atoms with Crippen molar-refractivity contribution in [3.05, 3.63) is 66.2 Å². The molecule has 0 saturated carbocycles. The van der Waals surface area contributed by atoms with E-state index in [1.54, 1.807) is 3.58 Å². The van der Waals surface area contributed by atoms with Crippen LogP contribution < -0.4 is 3.58 Å². The van der Waals surface area contributed by atoms with E-state index < -0.39 is 18.4 Å². The second-order valence-electron chi connectivity index (χ2n) is 9.57. The zero-order valence-electron chi connectivity index (χ0n) is 21.4. The number of aromatic nitrogens is 2. The number of hydrogen-bond acceptors (Lipinski definition) is 4. The molecule has 2 nitrogen and oxygen atoms in total. The van der Waals surface area contributed by atoms with Crippen molar-refractivity contribution in [2.45, 2.75) is 72.6 Å². The van der Waals surface area contributed by atoms with E-state index in [-0.39, 0.29) is 0 Å². The van der Waals surface area contributed by atoms with Gasteiger partial charge >= 0.3 is 225 Å². The third-order valence-electron chi connectivity index (χ3n) is 7.01. The van der Waals surface area contributed by atoms with Crippen LogP contribution in [0.5, 0.6) is 0 Å². The Morgan fingerprint density at radius 2 is 1.37 bits per heavy atom. The van der Waals surface area contributed by atoms with Crippen LogP contribution >= 0.6 is 22.7 Å². The molecular weight excluding hydrogens is 571 g/mol. The van der Waals surface area contributed by atoms with Crippen molar-refractivity contribution >= 4 is 44.6 Å². The molecular formula is C30H38N2S2Sn. The van der Waals surface area contributed by atoms with Crippen molar-refractivity contribution in [3.8, 4) is 31.7 Å². The molecule has 4 aromatic heterocycles. The van der Waals surface area contributed by atoms with Gasteiger partial charge in [-0.1, -0.05) is 0 Å². The van der Waals surface area contributed by atoms with E-state index in [2.05, 4.69) is 74.7 Å². The van der Waals surface area contributed by atoms with Crippen LogP contribution in [0.1, 0.15) is 59.3 Å². The quantitative estimate of drug-likeness (QED) is 0.141. The van der Waals surface area contributed by atoms with Crippen molar-refractivity contribution in [3.63, 3.8) is 0 Å². The molecule has 4 heterocycles. The third kappa shape index (κ3) is 6.63. The van der Waals surface area contributed by atoms with E-state index >= 15 is 0 Å². The van der Waals surface area contributed by atoms with Crippen LogP contribution in [-0.2, 0) is 0 Å². The molecule has 0 N–H and O–H groups in total. The van der Waals surface area contributed by atoms with Gasteiger partial charge in [0, 0.05) is 0 Å². The molecule has 0 aliphatic rings. The van der Waals surface area contributed by atoms with E-state index in [1.165, 1.54) is 66.5 Å². The Balaban J connectivity index is 1.85. The summed E-state index contributed by atoms with van der Waals surface area (Å²) in [5.74, 6) is 0. The van der Waals surface area contributed by atoms with Gasteiger partial charge in [0.25, 0.3) is 0 Å². The predicted molar refractivity (Wildman–Crippen MR) is 159 cm³/mol. The first-order chi connectivity index (χ1) is 17.2. The van der Waals surface area contributed by atoms with Crippen LogP contribution in [0.3, 0.4) is 0 Å². The first kappa shape index (κ1) is 26.6. The maximum absolute atomic E-state index is 5.21.